The minimum atomic E-state index is -3.10. The van der Waals surface area contributed by atoms with Gasteiger partial charge in [-0.2, -0.15) is 0 Å². The lowest BCUT2D eigenvalue weighted by Gasteiger charge is -2.24. The fourth-order valence-electron chi connectivity index (χ4n) is 1.78. The molecule has 0 saturated heterocycles. The number of carbonyl (C=O) groups is 2. The van der Waals surface area contributed by atoms with E-state index in [0.717, 1.165) is 12.8 Å². The lowest BCUT2D eigenvalue weighted by Crippen LogP contribution is -2.46. The molecule has 1 fully saturated rings. The molecule has 1 saturated carbocycles. The summed E-state index contributed by atoms with van der Waals surface area (Å²) >= 11 is 0. The van der Waals surface area contributed by atoms with Gasteiger partial charge in [-0.15, -0.1) is 12.4 Å². The zero-order chi connectivity index (χ0) is 15.6. The lowest BCUT2D eigenvalue weighted by atomic mass is 10.0. The Morgan fingerprint density at radius 3 is 2.24 bits per heavy atom. The van der Waals surface area contributed by atoms with E-state index in [9.17, 15) is 18.4 Å². The molecule has 5 nitrogen and oxygen atoms in total. The summed E-state index contributed by atoms with van der Waals surface area (Å²) in [6.45, 7) is 4.80. The molecule has 0 bridgehead atoms. The molecule has 1 rings (SSSR count). The van der Waals surface area contributed by atoms with Crippen molar-refractivity contribution in [3.05, 3.63) is 0 Å². The summed E-state index contributed by atoms with van der Waals surface area (Å²) < 4.78 is 32.2. The third-order valence-electron chi connectivity index (χ3n) is 2.78. The van der Waals surface area contributed by atoms with Crippen LogP contribution in [0.3, 0.4) is 0 Å². The molecule has 0 aromatic carbocycles. The highest BCUT2D eigenvalue weighted by Crippen LogP contribution is 2.40. The van der Waals surface area contributed by atoms with Crippen LogP contribution in [0.5, 0.6) is 0 Å². The van der Waals surface area contributed by atoms with Crippen molar-refractivity contribution in [2.24, 2.45) is 5.92 Å². The highest BCUT2D eigenvalue weighted by molar-refractivity contribution is 5.85. The SMILES string of the molecule is CC(C)(C)OC(=O)N[C@@H](CC(F)(F)CC1CC1)C(=O)O.Cl. The molecule has 2 N–H and O–H groups in total. The number of carbonyl (C=O) groups excluding carboxylic acids is 1. The molecule has 0 aromatic heterocycles. The van der Waals surface area contributed by atoms with E-state index in [1.54, 1.807) is 20.8 Å². The number of alkyl halides is 2. The monoisotopic (exact) mass is 329 g/mol. The minimum absolute atomic E-state index is 0. The summed E-state index contributed by atoms with van der Waals surface area (Å²) in [6.07, 6.45) is -0.739. The molecule has 8 heteroatoms. The van der Waals surface area contributed by atoms with Crippen molar-refractivity contribution in [2.75, 3.05) is 0 Å². The zero-order valence-electron chi connectivity index (χ0n) is 12.3. The molecule has 0 unspecified atom stereocenters. The summed E-state index contributed by atoms with van der Waals surface area (Å²) in [5.74, 6) is -4.62. The minimum Gasteiger partial charge on any atom is -0.480 e. The van der Waals surface area contributed by atoms with Crippen LogP contribution in [0.4, 0.5) is 13.6 Å². The second-order valence-electron chi connectivity index (χ2n) is 6.24. The predicted molar refractivity (Wildman–Crippen MR) is 74.9 cm³/mol. The average molecular weight is 330 g/mol. The van der Waals surface area contributed by atoms with Crippen LogP contribution in [0.2, 0.25) is 0 Å². The first-order valence-corrected chi connectivity index (χ1v) is 6.59. The second kappa shape index (κ2) is 7.24. The molecule has 0 spiro atoms. The summed E-state index contributed by atoms with van der Waals surface area (Å²) in [6, 6.07) is -1.65. The first kappa shape index (κ1) is 19.9. The van der Waals surface area contributed by atoms with Crippen LogP contribution in [0.1, 0.15) is 46.5 Å². The summed E-state index contributed by atoms with van der Waals surface area (Å²) in [5.41, 5.74) is -0.816. The van der Waals surface area contributed by atoms with Crippen LogP contribution < -0.4 is 5.32 Å². The average Bonchev–Trinajstić information content (AvgIpc) is 2.95. The lowest BCUT2D eigenvalue weighted by molar-refractivity contribution is -0.142. The number of hydrogen-bond donors (Lipinski definition) is 2. The van der Waals surface area contributed by atoms with E-state index in [1.807, 2.05) is 5.32 Å². The summed E-state index contributed by atoms with van der Waals surface area (Å²) in [4.78, 5) is 22.4. The Bertz CT molecular complexity index is 381. The Kier molecular flexibility index (Phi) is 6.86. The molecule has 124 valence electrons. The Hall–Kier alpha value is -1.11. The number of hydrogen-bond acceptors (Lipinski definition) is 3. The van der Waals surface area contributed by atoms with Crippen LogP contribution in [-0.2, 0) is 9.53 Å². The number of ether oxygens (including phenoxy) is 1. The highest BCUT2D eigenvalue weighted by atomic mass is 35.5. The maximum absolute atomic E-state index is 13.7. The summed E-state index contributed by atoms with van der Waals surface area (Å²) in [5, 5.41) is 10.9. The number of carboxylic acid groups (broad SMARTS) is 1. The maximum Gasteiger partial charge on any atom is 0.408 e. The van der Waals surface area contributed by atoms with Gasteiger partial charge in [0.15, 0.2) is 0 Å². The number of aliphatic carboxylic acids is 1. The number of amides is 1. The molecule has 21 heavy (non-hydrogen) atoms. The molecular weight excluding hydrogens is 308 g/mol. The third-order valence-corrected chi connectivity index (χ3v) is 2.78. The number of carboxylic acids is 1. The van der Waals surface area contributed by atoms with Crippen molar-refractivity contribution in [2.45, 2.75) is 64.0 Å². The zero-order valence-corrected chi connectivity index (χ0v) is 13.1. The van der Waals surface area contributed by atoms with Crippen molar-refractivity contribution in [3.8, 4) is 0 Å². The van der Waals surface area contributed by atoms with Crippen LogP contribution >= 0.6 is 12.4 Å². The predicted octanol–water partition coefficient (Wildman–Crippen LogP) is 3.21. The van der Waals surface area contributed by atoms with Gasteiger partial charge in [-0.25, -0.2) is 18.4 Å². The fourth-order valence-corrected chi connectivity index (χ4v) is 1.78. The van der Waals surface area contributed by atoms with Crippen molar-refractivity contribution in [3.63, 3.8) is 0 Å². The van der Waals surface area contributed by atoms with Gasteiger partial charge in [-0.1, -0.05) is 0 Å². The Labute approximate surface area is 128 Å². The van der Waals surface area contributed by atoms with E-state index in [0.29, 0.717) is 0 Å². The van der Waals surface area contributed by atoms with Crippen molar-refractivity contribution < 1.29 is 28.2 Å². The Morgan fingerprint density at radius 2 is 1.86 bits per heavy atom. The molecule has 1 amide bonds. The normalized spacial score (nSPS) is 16.6. The van der Waals surface area contributed by atoms with E-state index in [-0.39, 0.29) is 24.7 Å². The van der Waals surface area contributed by atoms with Gasteiger partial charge in [0.2, 0.25) is 0 Å². The second-order valence-corrected chi connectivity index (χ2v) is 6.24. The maximum atomic E-state index is 13.7. The van der Waals surface area contributed by atoms with Gasteiger partial charge in [-0.05, 0) is 39.5 Å². The standard InChI is InChI=1S/C13H21F2NO4.ClH/c1-12(2,3)20-11(19)16-9(10(17)18)7-13(14,15)6-8-4-5-8;/h8-9H,4-7H2,1-3H3,(H,16,19)(H,17,18);1H/t9-;/m0./s1. The van der Waals surface area contributed by atoms with Gasteiger partial charge in [0.25, 0.3) is 5.92 Å². The summed E-state index contributed by atoms with van der Waals surface area (Å²) in [7, 11) is 0. The van der Waals surface area contributed by atoms with Crippen LogP contribution in [0.25, 0.3) is 0 Å². The van der Waals surface area contributed by atoms with Crippen LogP contribution in [0.15, 0.2) is 0 Å². The van der Waals surface area contributed by atoms with Gasteiger partial charge in [0, 0.05) is 12.8 Å². The largest absolute Gasteiger partial charge is 0.480 e. The fraction of sp³-hybridized carbons (Fsp3) is 0.846. The number of alkyl carbamates (subject to hydrolysis) is 1. The van der Waals surface area contributed by atoms with Crippen molar-refractivity contribution in [1.29, 1.82) is 0 Å². The van der Waals surface area contributed by atoms with Gasteiger partial charge in [-0.3, -0.25) is 0 Å². The van der Waals surface area contributed by atoms with Gasteiger partial charge < -0.3 is 15.2 Å². The third kappa shape index (κ3) is 8.70. The van der Waals surface area contributed by atoms with Crippen molar-refractivity contribution in [1.82, 2.24) is 5.32 Å². The molecule has 0 aromatic rings. The number of nitrogens with one attached hydrogen (secondary N) is 1. The number of rotatable bonds is 6. The quantitative estimate of drug-likeness (QED) is 0.784. The molecule has 1 aliphatic rings. The molecule has 1 atom stereocenters. The Morgan fingerprint density at radius 1 is 1.33 bits per heavy atom. The molecule has 1 aliphatic carbocycles. The highest BCUT2D eigenvalue weighted by Gasteiger charge is 2.41. The Balaban J connectivity index is 0.00000400. The van der Waals surface area contributed by atoms with E-state index in [2.05, 4.69) is 0 Å². The molecular formula is C13H22ClF2NO4. The van der Waals surface area contributed by atoms with E-state index < -0.39 is 36.0 Å². The smallest absolute Gasteiger partial charge is 0.408 e. The van der Waals surface area contributed by atoms with E-state index in [4.69, 9.17) is 9.84 Å². The van der Waals surface area contributed by atoms with Gasteiger partial charge >= 0.3 is 12.1 Å². The molecule has 0 aliphatic heterocycles. The number of halogens is 3. The van der Waals surface area contributed by atoms with Crippen molar-refractivity contribution >= 4 is 24.5 Å². The van der Waals surface area contributed by atoms with Crippen LogP contribution in [-0.4, -0.2) is 34.7 Å². The van der Waals surface area contributed by atoms with E-state index >= 15 is 0 Å². The first-order chi connectivity index (χ1) is 8.98. The van der Waals surface area contributed by atoms with Crippen LogP contribution in [0, 0.1) is 5.92 Å². The van der Waals surface area contributed by atoms with Gasteiger partial charge in [0.05, 0.1) is 0 Å². The molecule has 0 heterocycles. The molecule has 0 radical (unpaired) electrons. The topological polar surface area (TPSA) is 75.6 Å². The van der Waals surface area contributed by atoms with E-state index in [1.165, 1.54) is 0 Å². The van der Waals surface area contributed by atoms with Gasteiger partial charge in [0.1, 0.15) is 11.6 Å². The first-order valence-electron chi connectivity index (χ1n) is 6.59.